The summed E-state index contributed by atoms with van der Waals surface area (Å²) in [5.41, 5.74) is 7.42. The SMILES string of the molecule is C=CC[C@]1(C(=O)NNCc2ccccc2Sc2ccccc2)N=C(c2ccc(OCCCO)cc2)O[C@H]1c1ccccc1. The molecule has 1 heterocycles. The van der Waals surface area contributed by atoms with Crippen LogP contribution >= 0.6 is 11.8 Å². The van der Waals surface area contributed by atoms with Crippen molar-refractivity contribution in [3.8, 4) is 5.75 Å². The summed E-state index contributed by atoms with van der Waals surface area (Å²) >= 11 is 1.68. The highest BCUT2D eigenvalue weighted by Crippen LogP contribution is 2.42. The third-order valence-corrected chi connectivity index (χ3v) is 8.14. The molecule has 0 saturated heterocycles. The lowest BCUT2D eigenvalue weighted by atomic mass is 9.84. The average molecular weight is 594 g/mol. The van der Waals surface area contributed by atoms with Gasteiger partial charge in [-0.15, -0.1) is 6.58 Å². The van der Waals surface area contributed by atoms with Crippen molar-refractivity contribution in [3.63, 3.8) is 0 Å². The number of rotatable bonds is 14. The first-order chi connectivity index (χ1) is 21.1. The van der Waals surface area contributed by atoms with Gasteiger partial charge in [-0.25, -0.2) is 10.4 Å². The van der Waals surface area contributed by atoms with Gasteiger partial charge in [0.2, 0.25) is 5.90 Å². The van der Waals surface area contributed by atoms with Gasteiger partial charge in [0.1, 0.15) is 5.75 Å². The molecule has 1 amide bonds. The molecule has 0 bridgehead atoms. The van der Waals surface area contributed by atoms with Gasteiger partial charge >= 0.3 is 0 Å². The molecule has 1 aliphatic heterocycles. The lowest BCUT2D eigenvalue weighted by Crippen LogP contribution is -2.52. The van der Waals surface area contributed by atoms with E-state index in [0.717, 1.165) is 26.5 Å². The Morgan fingerprint density at radius 3 is 2.40 bits per heavy atom. The summed E-state index contributed by atoms with van der Waals surface area (Å²) in [6, 6.07) is 35.3. The quantitative estimate of drug-likeness (QED) is 0.0909. The number of hydrazine groups is 1. The van der Waals surface area contributed by atoms with Gasteiger partial charge in [-0.05, 0) is 53.6 Å². The molecule has 0 spiro atoms. The summed E-state index contributed by atoms with van der Waals surface area (Å²) in [5, 5.41) is 9.01. The molecule has 7 nitrogen and oxygen atoms in total. The van der Waals surface area contributed by atoms with Gasteiger partial charge in [0.25, 0.3) is 5.91 Å². The van der Waals surface area contributed by atoms with E-state index in [1.807, 2.05) is 91.0 Å². The van der Waals surface area contributed by atoms with Crippen LogP contribution < -0.4 is 15.6 Å². The second-order valence-electron chi connectivity index (χ2n) is 10.0. The van der Waals surface area contributed by atoms with Crippen LogP contribution in [0.4, 0.5) is 0 Å². The van der Waals surface area contributed by atoms with E-state index in [-0.39, 0.29) is 18.9 Å². The molecule has 4 aromatic rings. The summed E-state index contributed by atoms with van der Waals surface area (Å²) in [6.07, 6.45) is 1.87. The molecule has 3 N–H and O–H groups in total. The van der Waals surface area contributed by atoms with Crippen molar-refractivity contribution >= 4 is 23.6 Å². The molecule has 0 unspecified atom stereocenters. The maximum Gasteiger partial charge on any atom is 0.266 e. The van der Waals surface area contributed by atoms with Crippen LogP contribution in [0.2, 0.25) is 0 Å². The summed E-state index contributed by atoms with van der Waals surface area (Å²) in [7, 11) is 0. The summed E-state index contributed by atoms with van der Waals surface area (Å²) < 4.78 is 12.1. The number of nitrogens with zero attached hydrogens (tertiary/aromatic N) is 1. The third-order valence-electron chi connectivity index (χ3n) is 7.01. The van der Waals surface area contributed by atoms with Crippen molar-refractivity contribution in [1.29, 1.82) is 0 Å². The number of aliphatic imine (C=N–C) groups is 1. The molecule has 43 heavy (non-hydrogen) atoms. The highest BCUT2D eigenvalue weighted by atomic mass is 32.2. The number of amides is 1. The predicted octanol–water partition coefficient (Wildman–Crippen LogP) is 6.25. The molecule has 0 saturated carbocycles. The smallest absolute Gasteiger partial charge is 0.266 e. The van der Waals surface area contributed by atoms with E-state index < -0.39 is 11.6 Å². The van der Waals surface area contributed by atoms with Crippen molar-refractivity contribution in [2.45, 2.75) is 40.8 Å². The molecule has 8 heteroatoms. The van der Waals surface area contributed by atoms with Crippen LogP contribution in [0.5, 0.6) is 5.75 Å². The minimum Gasteiger partial charge on any atom is -0.494 e. The third kappa shape index (κ3) is 7.35. The van der Waals surface area contributed by atoms with Gasteiger partial charge in [-0.3, -0.25) is 10.2 Å². The fourth-order valence-electron chi connectivity index (χ4n) is 4.86. The number of aliphatic hydroxyl groups excluding tert-OH is 1. The summed E-state index contributed by atoms with van der Waals surface area (Å²) in [5.74, 6) is 0.742. The van der Waals surface area contributed by atoms with Gasteiger partial charge in [0.05, 0.1) is 6.61 Å². The molecule has 2 atom stereocenters. The first kappa shape index (κ1) is 30.1. The van der Waals surface area contributed by atoms with Crippen LogP contribution in [0.1, 0.15) is 35.6 Å². The lowest BCUT2D eigenvalue weighted by Gasteiger charge is -2.29. The Morgan fingerprint density at radius 2 is 1.67 bits per heavy atom. The van der Waals surface area contributed by atoms with Crippen molar-refractivity contribution in [2.75, 3.05) is 13.2 Å². The molecular formula is C35H35N3O4S. The van der Waals surface area contributed by atoms with E-state index in [4.69, 9.17) is 19.6 Å². The van der Waals surface area contributed by atoms with E-state index >= 15 is 0 Å². The minimum atomic E-state index is -1.28. The number of hydrogen-bond acceptors (Lipinski definition) is 7. The summed E-state index contributed by atoms with van der Waals surface area (Å²) in [4.78, 5) is 21.2. The number of carbonyl (C=O) groups is 1. The lowest BCUT2D eigenvalue weighted by molar-refractivity contribution is -0.129. The zero-order valence-electron chi connectivity index (χ0n) is 23.8. The van der Waals surface area contributed by atoms with Crippen molar-refractivity contribution in [1.82, 2.24) is 10.9 Å². The monoisotopic (exact) mass is 593 g/mol. The second kappa shape index (κ2) is 14.7. The van der Waals surface area contributed by atoms with Crippen LogP contribution in [-0.4, -0.2) is 35.7 Å². The van der Waals surface area contributed by atoms with Gasteiger partial charge in [0.15, 0.2) is 11.6 Å². The maximum atomic E-state index is 14.0. The number of nitrogens with one attached hydrogen (secondary N) is 2. The van der Waals surface area contributed by atoms with E-state index in [9.17, 15) is 4.79 Å². The Bertz CT molecular complexity index is 1530. The zero-order chi connectivity index (χ0) is 29.9. The highest BCUT2D eigenvalue weighted by Gasteiger charge is 2.52. The number of carbonyl (C=O) groups excluding carboxylic acids is 1. The van der Waals surface area contributed by atoms with Crippen LogP contribution in [0, 0.1) is 0 Å². The van der Waals surface area contributed by atoms with Crippen molar-refractivity contribution < 1.29 is 19.4 Å². The summed E-state index contributed by atoms with van der Waals surface area (Å²) in [6.45, 7) is 4.87. The molecule has 0 fully saturated rings. The van der Waals surface area contributed by atoms with Gasteiger partial charge in [-0.1, -0.05) is 84.6 Å². The Labute approximate surface area is 256 Å². The Balaban J connectivity index is 1.36. The number of benzene rings is 4. The van der Waals surface area contributed by atoms with E-state index in [0.29, 0.717) is 31.2 Å². The zero-order valence-corrected chi connectivity index (χ0v) is 24.6. The van der Waals surface area contributed by atoms with Crippen molar-refractivity contribution in [2.24, 2.45) is 4.99 Å². The minimum absolute atomic E-state index is 0.0745. The Hall–Kier alpha value is -4.37. The maximum absolute atomic E-state index is 14.0. The molecule has 0 radical (unpaired) electrons. The predicted molar refractivity (Wildman–Crippen MR) is 170 cm³/mol. The number of aliphatic hydroxyl groups is 1. The van der Waals surface area contributed by atoms with Gasteiger partial charge in [-0.2, -0.15) is 0 Å². The first-order valence-electron chi connectivity index (χ1n) is 14.2. The average Bonchev–Trinajstić information content (AvgIpc) is 3.44. The van der Waals surface area contributed by atoms with E-state index in [2.05, 4.69) is 35.6 Å². The fraction of sp³-hybridized carbons (Fsp3) is 0.200. The first-order valence-corrected chi connectivity index (χ1v) is 15.0. The van der Waals surface area contributed by atoms with Crippen LogP contribution in [0.25, 0.3) is 0 Å². The van der Waals surface area contributed by atoms with E-state index in [1.165, 1.54) is 0 Å². The molecule has 220 valence electrons. The second-order valence-corrected chi connectivity index (χ2v) is 11.1. The molecule has 0 aliphatic carbocycles. The number of ether oxygens (including phenoxy) is 2. The standard InChI is InChI=1S/C35H35N3O4S/c1-2-22-35(34(40)38-36-25-28-14-9-10-17-31(28)43-30-15-7-4-8-16-30)32(26-12-5-3-6-13-26)42-33(37-35)27-18-20-29(21-19-27)41-24-11-23-39/h2-10,12-21,32,36,39H,1,11,22-25H2,(H,38,40)/t32-,35-/m0/s1. The molecular weight excluding hydrogens is 558 g/mol. The molecule has 1 aliphatic rings. The molecule has 0 aromatic heterocycles. The van der Waals surface area contributed by atoms with Crippen LogP contribution in [0.15, 0.2) is 137 Å². The fourth-order valence-corrected chi connectivity index (χ4v) is 5.82. The molecule has 4 aromatic carbocycles. The Morgan fingerprint density at radius 1 is 0.977 bits per heavy atom. The normalized spacial score (nSPS) is 17.5. The largest absolute Gasteiger partial charge is 0.494 e. The highest BCUT2D eigenvalue weighted by molar-refractivity contribution is 7.99. The van der Waals surface area contributed by atoms with Gasteiger partial charge in [0, 0.05) is 41.3 Å². The van der Waals surface area contributed by atoms with Gasteiger partial charge < -0.3 is 14.6 Å². The topological polar surface area (TPSA) is 92.2 Å². The number of hydrogen-bond donors (Lipinski definition) is 3. The van der Waals surface area contributed by atoms with E-state index in [1.54, 1.807) is 17.8 Å². The van der Waals surface area contributed by atoms with Crippen LogP contribution in [0.3, 0.4) is 0 Å². The van der Waals surface area contributed by atoms with Crippen LogP contribution in [-0.2, 0) is 16.1 Å². The molecule has 5 rings (SSSR count). The Kier molecular flexibility index (Phi) is 10.3. The van der Waals surface area contributed by atoms with Crippen molar-refractivity contribution in [3.05, 3.63) is 139 Å².